The summed E-state index contributed by atoms with van der Waals surface area (Å²) in [6, 6.07) is 21.9. The van der Waals surface area contributed by atoms with Gasteiger partial charge in [-0.1, -0.05) is 61.0 Å². The highest BCUT2D eigenvalue weighted by molar-refractivity contribution is 6.06. The van der Waals surface area contributed by atoms with Crippen LogP contribution >= 0.6 is 0 Å². The molecular weight excluding hydrogens is 616 g/mol. The van der Waals surface area contributed by atoms with Crippen molar-refractivity contribution in [3.63, 3.8) is 0 Å². The molecule has 2 saturated heterocycles. The molecule has 3 aromatic rings. The lowest BCUT2D eigenvalue weighted by Crippen LogP contribution is -2.31. The van der Waals surface area contributed by atoms with Gasteiger partial charge in [-0.25, -0.2) is 0 Å². The molecule has 0 bridgehead atoms. The summed E-state index contributed by atoms with van der Waals surface area (Å²) in [6.45, 7) is 1.18. The zero-order valence-corrected chi connectivity index (χ0v) is 26.3. The van der Waals surface area contributed by atoms with Crippen molar-refractivity contribution in [3.8, 4) is 11.5 Å². The van der Waals surface area contributed by atoms with Crippen LogP contribution in [0.3, 0.4) is 0 Å². The molecule has 0 amide bonds. The first-order chi connectivity index (χ1) is 23.4. The number of ketones is 1. The van der Waals surface area contributed by atoms with Gasteiger partial charge in [-0.15, -0.1) is 0 Å². The number of rotatable bonds is 15. The third-order valence-electron chi connectivity index (χ3n) is 8.98. The minimum atomic E-state index is -0.747. The SMILES string of the molecule is O=C1CC(C2CC3C(=O)OC(=O)C3c3cc(OCCCCCCOCOc4ccc(/C=C/C(=O)c5ccccc5)cc4)ccc32)C(=O)O1. The van der Waals surface area contributed by atoms with E-state index in [4.69, 9.17) is 23.7 Å². The van der Waals surface area contributed by atoms with Crippen LogP contribution < -0.4 is 9.47 Å². The molecule has 0 radical (unpaired) electrons. The highest BCUT2D eigenvalue weighted by atomic mass is 16.7. The fourth-order valence-corrected chi connectivity index (χ4v) is 6.51. The number of carbonyl (C=O) groups is 5. The van der Waals surface area contributed by atoms with Crippen LogP contribution in [0.25, 0.3) is 6.08 Å². The minimum absolute atomic E-state index is 0.0483. The van der Waals surface area contributed by atoms with Crippen molar-refractivity contribution < 1.29 is 47.7 Å². The Bertz CT molecular complexity index is 1690. The fraction of sp³-hybridized carbons (Fsp3) is 0.342. The minimum Gasteiger partial charge on any atom is -0.494 e. The van der Waals surface area contributed by atoms with Crippen molar-refractivity contribution in [3.05, 3.63) is 101 Å². The summed E-state index contributed by atoms with van der Waals surface area (Å²) >= 11 is 0. The molecule has 4 unspecified atom stereocenters. The van der Waals surface area contributed by atoms with Crippen molar-refractivity contribution in [1.29, 1.82) is 0 Å². The summed E-state index contributed by atoms with van der Waals surface area (Å²) in [6.07, 6.45) is 7.09. The second-order valence-corrected chi connectivity index (χ2v) is 12.1. The van der Waals surface area contributed by atoms with Gasteiger partial charge in [0.05, 0.1) is 37.4 Å². The lowest BCUT2D eigenvalue weighted by molar-refractivity contribution is -0.155. The summed E-state index contributed by atoms with van der Waals surface area (Å²) in [7, 11) is 0. The van der Waals surface area contributed by atoms with Gasteiger partial charge in [0.2, 0.25) is 0 Å². The summed E-state index contributed by atoms with van der Waals surface area (Å²) in [5, 5.41) is 0. The first-order valence-corrected chi connectivity index (χ1v) is 16.2. The number of allylic oxidation sites excluding steroid dienone is 1. The maximum atomic E-state index is 12.6. The average molecular weight is 653 g/mol. The van der Waals surface area contributed by atoms with Crippen LogP contribution in [0.5, 0.6) is 11.5 Å². The molecule has 3 aliphatic rings. The second-order valence-electron chi connectivity index (χ2n) is 12.1. The lowest BCUT2D eigenvalue weighted by atomic mass is 9.67. The van der Waals surface area contributed by atoms with Crippen LogP contribution in [0.4, 0.5) is 0 Å². The van der Waals surface area contributed by atoms with Crippen LogP contribution in [-0.2, 0) is 33.4 Å². The maximum absolute atomic E-state index is 12.6. The van der Waals surface area contributed by atoms with Crippen molar-refractivity contribution in [1.82, 2.24) is 0 Å². The molecule has 248 valence electrons. The van der Waals surface area contributed by atoms with Gasteiger partial charge in [-0.05, 0) is 78.6 Å². The molecule has 2 heterocycles. The van der Waals surface area contributed by atoms with Gasteiger partial charge < -0.3 is 23.7 Å². The van der Waals surface area contributed by atoms with Crippen molar-refractivity contribution in [2.75, 3.05) is 20.0 Å². The summed E-state index contributed by atoms with van der Waals surface area (Å²) in [5.74, 6) is -3.74. The monoisotopic (exact) mass is 652 g/mol. The molecule has 0 N–H and O–H groups in total. The van der Waals surface area contributed by atoms with Crippen molar-refractivity contribution in [2.24, 2.45) is 11.8 Å². The zero-order valence-electron chi connectivity index (χ0n) is 26.3. The van der Waals surface area contributed by atoms with Gasteiger partial charge in [0.25, 0.3) is 0 Å². The topological polar surface area (TPSA) is 132 Å². The number of cyclic esters (lactones) is 4. The van der Waals surface area contributed by atoms with E-state index in [9.17, 15) is 24.0 Å². The van der Waals surface area contributed by atoms with Gasteiger partial charge >= 0.3 is 23.9 Å². The molecule has 2 fully saturated rings. The van der Waals surface area contributed by atoms with E-state index < -0.39 is 47.5 Å². The van der Waals surface area contributed by atoms with Gasteiger partial charge in [0.1, 0.15) is 11.5 Å². The number of hydrogen-bond acceptors (Lipinski definition) is 10. The standard InChI is InChI=1S/C38H36O10/c39-33(25-8-4-3-5-9-25)17-12-24-10-13-26(14-11-24)46-23-44-18-6-1-2-7-19-45-27-15-16-28-29(31-22-34(40)47-36(31)41)21-32-35(30(28)20-27)38(43)48-37(32)42/h3-5,8-17,20,29,31-32,35H,1-2,6-7,18-19,21-23H2/b17-12+. The van der Waals surface area contributed by atoms with Crippen LogP contribution in [0.1, 0.15) is 77.4 Å². The van der Waals surface area contributed by atoms with Gasteiger partial charge in [0, 0.05) is 5.56 Å². The van der Waals surface area contributed by atoms with E-state index in [0.29, 0.717) is 35.8 Å². The Hall–Kier alpha value is -5.09. The largest absolute Gasteiger partial charge is 0.494 e. The van der Waals surface area contributed by atoms with E-state index in [1.54, 1.807) is 36.4 Å². The number of fused-ring (bicyclic) bond motifs is 3. The van der Waals surface area contributed by atoms with Gasteiger partial charge in [0.15, 0.2) is 12.6 Å². The normalized spacial score (nSPS) is 21.5. The van der Waals surface area contributed by atoms with E-state index >= 15 is 0 Å². The van der Waals surface area contributed by atoms with Crippen LogP contribution in [-0.4, -0.2) is 49.7 Å². The second kappa shape index (κ2) is 15.2. The molecule has 0 spiro atoms. The predicted molar refractivity (Wildman–Crippen MR) is 172 cm³/mol. The first-order valence-electron chi connectivity index (χ1n) is 16.2. The Morgan fingerprint density at radius 3 is 2.19 bits per heavy atom. The first kappa shape index (κ1) is 32.8. The van der Waals surface area contributed by atoms with Crippen molar-refractivity contribution >= 4 is 35.7 Å². The smallest absolute Gasteiger partial charge is 0.321 e. The number of hydrogen-bond donors (Lipinski definition) is 0. The third-order valence-corrected chi connectivity index (χ3v) is 8.98. The van der Waals surface area contributed by atoms with Gasteiger partial charge in [-0.2, -0.15) is 0 Å². The zero-order chi connectivity index (χ0) is 33.5. The Morgan fingerprint density at radius 2 is 1.44 bits per heavy atom. The number of unbranched alkanes of at least 4 members (excludes halogenated alkanes) is 3. The molecule has 2 aliphatic heterocycles. The molecule has 0 saturated carbocycles. The Balaban J connectivity index is 0.886. The third kappa shape index (κ3) is 7.71. The lowest BCUT2D eigenvalue weighted by Gasteiger charge is -2.33. The molecule has 3 aromatic carbocycles. The van der Waals surface area contributed by atoms with E-state index in [-0.39, 0.29) is 25.4 Å². The van der Waals surface area contributed by atoms with E-state index in [1.165, 1.54) is 0 Å². The van der Waals surface area contributed by atoms with E-state index in [1.807, 2.05) is 48.5 Å². The highest BCUT2D eigenvalue weighted by Crippen LogP contribution is 2.51. The van der Waals surface area contributed by atoms with E-state index in [0.717, 1.165) is 36.8 Å². The van der Waals surface area contributed by atoms with Crippen LogP contribution in [0.2, 0.25) is 0 Å². The summed E-state index contributed by atoms with van der Waals surface area (Å²) in [4.78, 5) is 61.4. The Morgan fingerprint density at radius 1 is 0.708 bits per heavy atom. The molecule has 6 rings (SSSR count). The predicted octanol–water partition coefficient (Wildman–Crippen LogP) is 5.94. The Kier molecular flexibility index (Phi) is 10.4. The quantitative estimate of drug-likeness (QED) is 0.0486. The van der Waals surface area contributed by atoms with Gasteiger partial charge in [-0.3, -0.25) is 24.0 Å². The fourth-order valence-electron chi connectivity index (χ4n) is 6.51. The maximum Gasteiger partial charge on any atom is 0.321 e. The van der Waals surface area contributed by atoms with Crippen LogP contribution in [0.15, 0.2) is 78.9 Å². The number of esters is 4. The Labute approximate surface area is 278 Å². The molecule has 10 nitrogen and oxygen atoms in total. The highest BCUT2D eigenvalue weighted by Gasteiger charge is 2.53. The number of benzene rings is 3. The number of ether oxygens (including phenoxy) is 5. The summed E-state index contributed by atoms with van der Waals surface area (Å²) < 4.78 is 27.0. The van der Waals surface area contributed by atoms with Crippen molar-refractivity contribution in [2.45, 2.75) is 50.4 Å². The number of carbonyl (C=O) groups excluding carboxylic acids is 5. The van der Waals surface area contributed by atoms with Crippen LogP contribution in [0, 0.1) is 11.8 Å². The van der Waals surface area contributed by atoms with E-state index in [2.05, 4.69) is 0 Å². The summed E-state index contributed by atoms with van der Waals surface area (Å²) in [5.41, 5.74) is 2.90. The molecular formula is C38H36O10. The molecule has 4 atom stereocenters. The molecule has 48 heavy (non-hydrogen) atoms. The molecule has 10 heteroatoms. The molecule has 0 aromatic heterocycles. The average Bonchev–Trinajstić information content (AvgIpc) is 3.59. The molecule has 1 aliphatic carbocycles.